The molecule has 1 saturated carbocycles. The number of thiophene rings is 1. The van der Waals surface area contributed by atoms with Crippen LogP contribution in [0.25, 0.3) is 0 Å². The topological polar surface area (TPSA) is 36.4 Å². The molecule has 0 bridgehead atoms. The summed E-state index contributed by atoms with van der Waals surface area (Å²) >= 11 is 5.18. The second-order valence-corrected chi connectivity index (χ2v) is 6.65. The molecule has 2 N–H and O–H groups in total. The fourth-order valence-corrected chi connectivity index (χ4v) is 2.99. The first-order valence-corrected chi connectivity index (χ1v) is 7.62. The molecule has 1 aliphatic rings. The summed E-state index contributed by atoms with van der Waals surface area (Å²) in [5, 5.41) is 8.86. The predicted molar refractivity (Wildman–Crippen MR) is 93.0 cm³/mol. The lowest BCUT2D eigenvalue weighted by Gasteiger charge is -2.26. The van der Waals surface area contributed by atoms with E-state index in [4.69, 9.17) is 0 Å². The molecule has 0 saturated heterocycles. The minimum Gasteiger partial charge on any atom is -0.356 e. The monoisotopic (exact) mass is 443 g/mol. The summed E-state index contributed by atoms with van der Waals surface area (Å²) in [4.78, 5) is 4.23. The van der Waals surface area contributed by atoms with Crippen molar-refractivity contribution in [2.24, 2.45) is 10.9 Å². The Kier molecular flexibility index (Phi) is 7.55. The van der Waals surface area contributed by atoms with Crippen molar-refractivity contribution in [2.45, 2.75) is 25.8 Å². The van der Waals surface area contributed by atoms with Crippen molar-refractivity contribution in [3.8, 4) is 0 Å². The van der Waals surface area contributed by atoms with Gasteiger partial charge in [0.25, 0.3) is 0 Å². The van der Waals surface area contributed by atoms with Crippen molar-refractivity contribution in [1.29, 1.82) is 0 Å². The third kappa shape index (κ3) is 5.05. The number of halogens is 2. The molecular formula is C12H19BrIN3S. The standard InChI is InChI=1S/C12H18BrN3S.HI/c1-14-12(15-6-9-3-2-4-9)16-7-10-5-11(13)17-8-10;/h5,8-9H,2-4,6-7H2,1H3,(H2,14,15,16);1H. The van der Waals surface area contributed by atoms with Crippen LogP contribution in [0.15, 0.2) is 20.2 Å². The Morgan fingerprint density at radius 2 is 2.28 bits per heavy atom. The maximum Gasteiger partial charge on any atom is 0.191 e. The molecule has 1 heterocycles. The van der Waals surface area contributed by atoms with E-state index in [0.29, 0.717) is 0 Å². The number of guanidine groups is 1. The molecule has 0 amide bonds. The zero-order chi connectivity index (χ0) is 12.1. The first-order valence-electron chi connectivity index (χ1n) is 5.95. The lowest BCUT2D eigenvalue weighted by Crippen LogP contribution is -2.40. The molecule has 0 radical (unpaired) electrons. The van der Waals surface area contributed by atoms with Crippen molar-refractivity contribution in [2.75, 3.05) is 13.6 Å². The molecule has 1 aromatic heterocycles. The van der Waals surface area contributed by atoms with Gasteiger partial charge in [0.15, 0.2) is 5.96 Å². The highest BCUT2D eigenvalue weighted by Gasteiger charge is 2.17. The zero-order valence-electron chi connectivity index (χ0n) is 10.4. The number of aliphatic imine (C=N–C) groups is 1. The average molecular weight is 444 g/mol. The summed E-state index contributed by atoms with van der Waals surface area (Å²) in [6.45, 7) is 1.87. The average Bonchev–Trinajstić information content (AvgIpc) is 2.67. The quantitative estimate of drug-likeness (QED) is 0.423. The van der Waals surface area contributed by atoms with Crippen molar-refractivity contribution in [3.05, 3.63) is 20.8 Å². The van der Waals surface area contributed by atoms with Gasteiger partial charge in [-0.2, -0.15) is 0 Å². The van der Waals surface area contributed by atoms with Gasteiger partial charge in [-0.15, -0.1) is 35.3 Å². The highest BCUT2D eigenvalue weighted by molar-refractivity contribution is 14.0. The second-order valence-electron chi connectivity index (χ2n) is 4.36. The van der Waals surface area contributed by atoms with E-state index in [2.05, 4.69) is 43.0 Å². The summed E-state index contributed by atoms with van der Waals surface area (Å²) in [7, 11) is 1.82. The van der Waals surface area contributed by atoms with Crippen LogP contribution >= 0.6 is 51.2 Å². The zero-order valence-corrected chi connectivity index (χ0v) is 15.1. The minimum absolute atomic E-state index is 0. The van der Waals surface area contributed by atoms with Crippen LogP contribution in [0.1, 0.15) is 24.8 Å². The van der Waals surface area contributed by atoms with Gasteiger partial charge in [-0.1, -0.05) is 6.42 Å². The Morgan fingerprint density at radius 1 is 1.50 bits per heavy atom. The van der Waals surface area contributed by atoms with Crippen LogP contribution in [-0.2, 0) is 6.54 Å². The van der Waals surface area contributed by atoms with Crippen LogP contribution in [0.3, 0.4) is 0 Å². The van der Waals surface area contributed by atoms with Crippen LogP contribution in [0, 0.1) is 5.92 Å². The molecule has 0 atom stereocenters. The Hall–Kier alpha value is 0.180. The summed E-state index contributed by atoms with van der Waals surface area (Å²) < 4.78 is 1.17. The van der Waals surface area contributed by atoms with E-state index in [1.165, 1.54) is 28.6 Å². The van der Waals surface area contributed by atoms with Crippen LogP contribution < -0.4 is 10.6 Å². The normalized spacial score (nSPS) is 15.8. The Labute approximate surface area is 138 Å². The second kappa shape index (κ2) is 8.37. The first-order chi connectivity index (χ1) is 8.28. The van der Waals surface area contributed by atoms with E-state index in [-0.39, 0.29) is 24.0 Å². The highest BCUT2D eigenvalue weighted by atomic mass is 127. The van der Waals surface area contributed by atoms with Crippen molar-refractivity contribution < 1.29 is 0 Å². The van der Waals surface area contributed by atoms with Crippen LogP contribution in [0.4, 0.5) is 0 Å². The van der Waals surface area contributed by atoms with E-state index in [0.717, 1.165) is 25.0 Å². The maximum atomic E-state index is 4.23. The number of rotatable bonds is 4. The van der Waals surface area contributed by atoms with Gasteiger partial charge < -0.3 is 10.6 Å². The third-order valence-corrected chi connectivity index (χ3v) is 4.64. The molecule has 6 heteroatoms. The highest BCUT2D eigenvalue weighted by Crippen LogP contribution is 2.25. The van der Waals surface area contributed by atoms with Crippen LogP contribution in [-0.4, -0.2) is 19.6 Å². The van der Waals surface area contributed by atoms with Crippen LogP contribution in [0.5, 0.6) is 0 Å². The lowest BCUT2D eigenvalue weighted by atomic mass is 9.85. The van der Waals surface area contributed by atoms with Gasteiger partial charge in [-0.3, -0.25) is 4.99 Å². The van der Waals surface area contributed by atoms with E-state index >= 15 is 0 Å². The largest absolute Gasteiger partial charge is 0.356 e. The first kappa shape index (κ1) is 16.2. The maximum absolute atomic E-state index is 4.23. The Balaban J connectivity index is 0.00000162. The van der Waals surface area contributed by atoms with E-state index in [1.54, 1.807) is 11.3 Å². The predicted octanol–water partition coefficient (Wildman–Crippen LogP) is 3.59. The summed E-state index contributed by atoms with van der Waals surface area (Å²) in [6.07, 6.45) is 4.12. The molecule has 1 aliphatic carbocycles. The van der Waals surface area contributed by atoms with Gasteiger partial charge in [-0.25, -0.2) is 0 Å². The molecule has 102 valence electrons. The van der Waals surface area contributed by atoms with Gasteiger partial charge in [0.05, 0.1) is 3.79 Å². The number of hydrogen-bond donors (Lipinski definition) is 2. The fraction of sp³-hybridized carbons (Fsp3) is 0.583. The fourth-order valence-electron chi connectivity index (χ4n) is 1.78. The molecule has 2 rings (SSSR count). The van der Waals surface area contributed by atoms with E-state index in [1.807, 2.05) is 7.05 Å². The third-order valence-electron chi connectivity index (χ3n) is 3.09. The van der Waals surface area contributed by atoms with E-state index < -0.39 is 0 Å². The van der Waals surface area contributed by atoms with Crippen molar-refractivity contribution in [3.63, 3.8) is 0 Å². The number of nitrogens with zero attached hydrogens (tertiary/aromatic N) is 1. The molecule has 0 aliphatic heterocycles. The van der Waals surface area contributed by atoms with Crippen LogP contribution in [0.2, 0.25) is 0 Å². The van der Waals surface area contributed by atoms with Crippen molar-refractivity contribution in [1.82, 2.24) is 10.6 Å². The number of nitrogens with one attached hydrogen (secondary N) is 2. The van der Waals surface area contributed by atoms with Gasteiger partial charge in [0.1, 0.15) is 0 Å². The molecule has 3 nitrogen and oxygen atoms in total. The summed E-state index contributed by atoms with van der Waals surface area (Å²) in [5.41, 5.74) is 1.29. The summed E-state index contributed by atoms with van der Waals surface area (Å²) in [6, 6.07) is 2.14. The van der Waals surface area contributed by atoms with Gasteiger partial charge in [-0.05, 0) is 51.7 Å². The SMILES string of the molecule is CN=C(NCc1csc(Br)c1)NCC1CCC1.I. The van der Waals surface area contributed by atoms with Gasteiger partial charge >= 0.3 is 0 Å². The smallest absolute Gasteiger partial charge is 0.191 e. The van der Waals surface area contributed by atoms with Crippen molar-refractivity contribution >= 4 is 57.2 Å². The van der Waals surface area contributed by atoms with Gasteiger partial charge in [0.2, 0.25) is 0 Å². The molecule has 1 aromatic rings. The summed E-state index contributed by atoms with van der Waals surface area (Å²) in [5.74, 6) is 1.75. The lowest BCUT2D eigenvalue weighted by molar-refractivity contribution is 0.314. The van der Waals surface area contributed by atoms with Gasteiger partial charge in [0, 0.05) is 20.1 Å². The molecule has 0 unspecified atom stereocenters. The molecular weight excluding hydrogens is 425 g/mol. The molecule has 0 aromatic carbocycles. The number of hydrogen-bond acceptors (Lipinski definition) is 2. The molecule has 18 heavy (non-hydrogen) atoms. The Morgan fingerprint density at radius 3 is 2.78 bits per heavy atom. The minimum atomic E-state index is 0. The van der Waals surface area contributed by atoms with E-state index in [9.17, 15) is 0 Å². The molecule has 0 spiro atoms. The Bertz CT molecular complexity index is 390. The molecule has 1 fully saturated rings.